The molecule has 0 aliphatic rings. The second-order valence-corrected chi connectivity index (χ2v) is 3.26. The lowest BCUT2D eigenvalue weighted by Gasteiger charge is -2.06. The van der Waals surface area contributed by atoms with Gasteiger partial charge in [0.2, 0.25) is 0 Å². The Morgan fingerprint density at radius 2 is 2.27 bits per heavy atom. The molecule has 15 heavy (non-hydrogen) atoms. The van der Waals surface area contributed by atoms with Crippen molar-refractivity contribution in [1.29, 1.82) is 0 Å². The van der Waals surface area contributed by atoms with Crippen LogP contribution in [0.3, 0.4) is 0 Å². The first kappa shape index (κ1) is 11.5. The van der Waals surface area contributed by atoms with E-state index in [4.69, 9.17) is 9.84 Å². The first-order valence-corrected chi connectivity index (χ1v) is 4.70. The molecule has 0 heterocycles. The molecule has 1 aromatic rings. The maximum absolute atomic E-state index is 12.9. The third-order valence-corrected chi connectivity index (χ3v) is 1.93. The van der Waals surface area contributed by atoms with Gasteiger partial charge in [0.1, 0.15) is 11.6 Å². The Morgan fingerprint density at radius 1 is 1.53 bits per heavy atom. The number of carbonyl (C=O) groups is 1. The van der Waals surface area contributed by atoms with E-state index in [0.717, 1.165) is 0 Å². The van der Waals surface area contributed by atoms with Crippen molar-refractivity contribution < 1.29 is 19.0 Å². The van der Waals surface area contributed by atoms with Gasteiger partial charge < -0.3 is 9.84 Å². The van der Waals surface area contributed by atoms with Crippen LogP contribution in [0.2, 0.25) is 0 Å². The molecular formula is C11H13FO3. The van der Waals surface area contributed by atoms with Crippen molar-refractivity contribution in [3.05, 3.63) is 29.6 Å². The molecule has 0 aliphatic carbocycles. The monoisotopic (exact) mass is 212 g/mol. The van der Waals surface area contributed by atoms with Gasteiger partial charge in [0.15, 0.2) is 0 Å². The fourth-order valence-corrected chi connectivity index (χ4v) is 1.12. The van der Waals surface area contributed by atoms with Gasteiger partial charge in [0.05, 0.1) is 6.61 Å². The van der Waals surface area contributed by atoms with Crippen LogP contribution in [-0.4, -0.2) is 17.7 Å². The first-order valence-electron chi connectivity index (χ1n) is 4.70. The Balaban J connectivity index is 2.38. The molecule has 82 valence electrons. The summed E-state index contributed by atoms with van der Waals surface area (Å²) in [6.45, 7) is 1.98. The second-order valence-electron chi connectivity index (χ2n) is 3.26. The number of hydrogen-bond acceptors (Lipinski definition) is 2. The third kappa shape index (κ3) is 3.97. The third-order valence-electron chi connectivity index (χ3n) is 1.93. The van der Waals surface area contributed by atoms with E-state index >= 15 is 0 Å². The van der Waals surface area contributed by atoms with Crippen LogP contribution in [0.5, 0.6) is 5.75 Å². The standard InChI is InChI=1S/C11H13FO3/c1-8-7-9(4-5-10(8)12)15-6-2-3-11(13)14/h4-5,7H,2-3,6H2,1H3,(H,13,14). The molecule has 1 rings (SSSR count). The minimum atomic E-state index is -0.839. The lowest BCUT2D eigenvalue weighted by molar-refractivity contribution is -0.137. The van der Waals surface area contributed by atoms with Gasteiger partial charge in [-0.05, 0) is 37.1 Å². The molecule has 4 heteroatoms. The smallest absolute Gasteiger partial charge is 0.303 e. The topological polar surface area (TPSA) is 46.5 Å². The minimum Gasteiger partial charge on any atom is -0.494 e. The Bertz CT molecular complexity index is 350. The number of aliphatic carboxylic acids is 1. The largest absolute Gasteiger partial charge is 0.494 e. The van der Waals surface area contributed by atoms with E-state index in [0.29, 0.717) is 24.3 Å². The van der Waals surface area contributed by atoms with Crippen LogP contribution in [0.25, 0.3) is 0 Å². The van der Waals surface area contributed by atoms with E-state index in [1.54, 1.807) is 13.0 Å². The molecule has 0 amide bonds. The molecule has 1 N–H and O–H groups in total. The number of carboxylic acid groups (broad SMARTS) is 1. The second kappa shape index (κ2) is 5.34. The van der Waals surface area contributed by atoms with Crippen LogP contribution in [0.1, 0.15) is 18.4 Å². The number of aryl methyl sites for hydroxylation is 1. The van der Waals surface area contributed by atoms with Crippen LogP contribution in [0.4, 0.5) is 4.39 Å². The normalized spacial score (nSPS) is 10.0. The summed E-state index contributed by atoms with van der Waals surface area (Å²) >= 11 is 0. The molecule has 0 bridgehead atoms. The number of halogens is 1. The van der Waals surface area contributed by atoms with Crippen LogP contribution in [-0.2, 0) is 4.79 Å². The van der Waals surface area contributed by atoms with E-state index in [-0.39, 0.29) is 12.2 Å². The predicted octanol–water partition coefficient (Wildman–Crippen LogP) is 2.38. The summed E-state index contributed by atoms with van der Waals surface area (Å²) in [4.78, 5) is 10.2. The van der Waals surface area contributed by atoms with E-state index in [1.165, 1.54) is 12.1 Å². The van der Waals surface area contributed by atoms with Crippen molar-refractivity contribution in [2.75, 3.05) is 6.61 Å². The Morgan fingerprint density at radius 3 is 2.87 bits per heavy atom. The lowest BCUT2D eigenvalue weighted by Crippen LogP contribution is -2.02. The van der Waals surface area contributed by atoms with E-state index < -0.39 is 5.97 Å². The summed E-state index contributed by atoms with van der Waals surface area (Å²) in [6, 6.07) is 4.46. The van der Waals surface area contributed by atoms with Crippen LogP contribution >= 0.6 is 0 Å². The predicted molar refractivity (Wildman–Crippen MR) is 53.5 cm³/mol. The Labute approximate surface area is 87.5 Å². The first-order chi connectivity index (χ1) is 7.09. The average Bonchev–Trinajstić information content (AvgIpc) is 2.18. The fourth-order valence-electron chi connectivity index (χ4n) is 1.12. The molecule has 0 saturated heterocycles. The molecule has 0 unspecified atom stereocenters. The van der Waals surface area contributed by atoms with Crippen molar-refractivity contribution in [3.8, 4) is 5.75 Å². The van der Waals surface area contributed by atoms with E-state index in [9.17, 15) is 9.18 Å². The quantitative estimate of drug-likeness (QED) is 0.762. The molecule has 0 fully saturated rings. The highest BCUT2D eigenvalue weighted by atomic mass is 19.1. The zero-order valence-corrected chi connectivity index (χ0v) is 8.50. The van der Waals surface area contributed by atoms with Gasteiger partial charge in [-0.25, -0.2) is 4.39 Å². The van der Waals surface area contributed by atoms with Crippen LogP contribution in [0.15, 0.2) is 18.2 Å². The highest BCUT2D eigenvalue weighted by Crippen LogP contribution is 2.16. The van der Waals surface area contributed by atoms with Crippen LogP contribution in [0, 0.1) is 12.7 Å². The minimum absolute atomic E-state index is 0.0835. The molecule has 0 saturated carbocycles. The average molecular weight is 212 g/mol. The molecule has 0 radical (unpaired) electrons. The van der Waals surface area contributed by atoms with Gasteiger partial charge in [-0.15, -0.1) is 0 Å². The highest BCUT2D eigenvalue weighted by molar-refractivity contribution is 5.66. The van der Waals surface area contributed by atoms with E-state index in [2.05, 4.69) is 0 Å². The molecule has 0 aliphatic heterocycles. The molecular weight excluding hydrogens is 199 g/mol. The number of benzene rings is 1. The fraction of sp³-hybridized carbons (Fsp3) is 0.364. The maximum Gasteiger partial charge on any atom is 0.303 e. The van der Waals surface area contributed by atoms with Gasteiger partial charge in [-0.1, -0.05) is 0 Å². The molecule has 0 spiro atoms. The van der Waals surface area contributed by atoms with Gasteiger partial charge in [-0.3, -0.25) is 4.79 Å². The van der Waals surface area contributed by atoms with Crippen molar-refractivity contribution in [2.24, 2.45) is 0 Å². The molecule has 0 atom stereocenters. The molecule has 3 nitrogen and oxygen atoms in total. The van der Waals surface area contributed by atoms with Gasteiger partial charge in [-0.2, -0.15) is 0 Å². The number of hydrogen-bond donors (Lipinski definition) is 1. The lowest BCUT2D eigenvalue weighted by atomic mass is 10.2. The summed E-state index contributed by atoms with van der Waals surface area (Å²) in [6.07, 6.45) is 0.534. The Hall–Kier alpha value is -1.58. The number of rotatable bonds is 5. The van der Waals surface area contributed by atoms with Crippen molar-refractivity contribution in [3.63, 3.8) is 0 Å². The van der Waals surface area contributed by atoms with Crippen molar-refractivity contribution >= 4 is 5.97 Å². The summed E-state index contributed by atoms with van der Waals surface area (Å²) in [5.74, 6) is -0.541. The number of carboxylic acids is 1. The summed E-state index contributed by atoms with van der Waals surface area (Å²) in [7, 11) is 0. The maximum atomic E-state index is 12.9. The van der Waals surface area contributed by atoms with Crippen molar-refractivity contribution in [1.82, 2.24) is 0 Å². The molecule has 1 aromatic carbocycles. The SMILES string of the molecule is Cc1cc(OCCCC(=O)O)ccc1F. The van der Waals surface area contributed by atoms with Gasteiger partial charge in [0, 0.05) is 6.42 Å². The van der Waals surface area contributed by atoms with Crippen molar-refractivity contribution in [2.45, 2.75) is 19.8 Å². The van der Waals surface area contributed by atoms with E-state index in [1.807, 2.05) is 0 Å². The number of ether oxygens (including phenoxy) is 1. The summed E-state index contributed by atoms with van der Waals surface area (Å²) < 4.78 is 18.1. The van der Waals surface area contributed by atoms with Crippen LogP contribution < -0.4 is 4.74 Å². The summed E-state index contributed by atoms with van der Waals surface area (Å²) in [5, 5.41) is 8.39. The van der Waals surface area contributed by atoms with Gasteiger partial charge in [0.25, 0.3) is 0 Å². The highest BCUT2D eigenvalue weighted by Gasteiger charge is 2.00. The Kier molecular flexibility index (Phi) is 4.09. The molecule has 0 aromatic heterocycles. The zero-order chi connectivity index (χ0) is 11.3. The zero-order valence-electron chi connectivity index (χ0n) is 8.50. The van der Waals surface area contributed by atoms with Gasteiger partial charge >= 0.3 is 5.97 Å². The summed E-state index contributed by atoms with van der Waals surface area (Å²) in [5.41, 5.74) is 0.519.